The average Bonchev–Trinajstić information content (AvgIpc) is 3.16. The summed E-state index contributed by atoms with van der Waals surface area (Å²) in [6.45, 7) is 3.48. The maximum absolute atomic E-state index is 13.1. The van der Waals surface area contributed by atoms with Crippen molar-refractivity contribution in [3.63, 3.8) is 0 Å². The summed E-state index contributed by atoms with van der Waals surface area (Å²) < 4.78 is 5.44. The molecule has 4 rings (SSSR count). The summed E-state index contributed by atoms with van der Waals surface area (Å²) in [7, 11) is 0. The van der Waals surface area contributed by atoms with Gasteiger partial charge < -0.3 is 14.7 Å². The molecule has 1 aromatic carbocycles. The fraction of sp³-hybridized carbons (Fsp3) is 0.423. The van der Waals surface area contributed by atoms with Gasteiger partial charge in [0.2, 0.25) is 0 Å². The van der Waals surface area contributed by atoms with Crippen LogP contribution < -0.4 is 0 Å². The van der Waals surface area contributed by atoms with Crippen LogP contribution in [0.4, 0.5) is 0 Å². The molecular weight excluding hydrogens is 436 g/mol. The van der Waals surface area contributed by atoms with Crippen LogP contribution in [0.15, 0.2) is 51.2 Å². The number of ketones is 2. The minimum Gasteiger partial charge on any atom is -0.511 e. The second-order valence-corrected chi connectivity index (χ2v) is 9.79. The second kappa shape index (κ2) is 9.37. The summed E-state index contributed by atoms with van der Waals surface area (Å²) in [5.41, 5.74) is 2.02. The Balaban J connectivity index is 1.59. The maximum Gasteiger partial charge on any atom is 0.325 e. The molecule has 0 spiro atoms. The molecule has 1 aromatic heterocycles. The quantitative estimate of drug-likeness (QED) is 0.586. The highest BCUT2D eigenvalue weighted by molar-refractivity contribution is 6.23. The SMILES string of the molecule is CC1(C)CC(=O)c2c(CCC(=NCC(=O)O)C3=C(O)CC(c4ccccc4)CC3=O)noc2C1. The van der Waals surface area contributed by atoms with Crippen LogP contribution in [0.5, 0.6) is 0 Å². The molecular formula is C26H28N2O6. The van der Waals surface area contributed by atoms with Gasteiger partial charge in [-0.2, -0.15) is 0 Å². The Morgan fingerprint density at radius 3 is 2.56 bits per heavy atom. The number of nitrogens with zero attached hydrogens (tertiary/aromatic N) is 2. The zero-order chi connectivity index (χ0) is 24.5. The molecule has 1 heterocycles. The summed E-state index contributed by atoms with van der Waals surface area (Å²) >= 11 is 0. The van der Waals surface area contributed by atoms with Crippen LogP contribution in [0.25, 0.3) is 0 Å². The van der Waals surface area contributed by atoms with E-state index in [4.69, 9.17) is 9.63 Å². The fourth-order valence-corrected chi connectivity index (χ4v) is 4.86. The maximum atomic E-state index is 13.1. The molecule has 34 heavy (non-hydrogen) atoms. The third-order valence-corrected chi connectivity index (χ3v) is 6.39. The van der Waals surface area contributed by atoms with Gasteiger partial charge in [0.15, 0.2) is 11.6 Å². The number of carboxylic acids is 1. The number of hydrogen-bond acceptors (Lipinski definition) is 7. The van der Waals surface area contributed by atoms with Crippen molar-refractivity contribution in [3.05, 3.63) is 64.2 Å². The number of rotatable bonds is 7. The van der Waals surface area contributed by atoms with Crippen molar-refractivity contribution in [1.82, 2.24) is 5.16 Å². The predicted molar refractivity (Wildman–Crippen MR) is 124 cm³/mol. The number of carbonyl (C=O) groups is 3. The number of aliphatic imine (C=N–C) groups is 1. The van der Waals surface area contributed by atoms with Gasteiger partial charge in [0, 0.05) is 25.7 Å². The van der Waals surface area contributed by atoms with Crippen LogP contribution in [-0.4, -0.2) is 45.2 Å². The number of hydrogen-bond donors (Lipinski definition) is 2. The van der Waals surface area contributed by atoms with Crippen molar-refractivity contribution in [1.29, 1.82) is 0 Å². The van der Waals surface area contributed by atoms with Crippen molar-refractivity contribution in [2.24, 2.45) is 10.4 Å². The molecule has 1 atom stereocenters. The van der Waals surface area contributed by atoms with Crippen LogP contribution in [-0.2, 0) is 22.4 Å². The zero-order valence-electron chi connectivity index (χ0n) is 19.3. The van der Waals surface area contributed by atoms with E-state index in [9.17, 15) is 19.5 Å². The number of aromatic nitrogens is 1. The molecule has 178 valence electrons. The van der Waals surface area contributed by atoms with Gasteiger partial charge in [-0.1, -0.05) is 49.3 Å². The number of allylic oxidation sites excluding steroid dienone is 2. The summed E-state index contributed by atoms with van der Waals surface area (Å²) in [4.78, 5) is 41.1. The third-order valence-electron chi connectivity index (χ3n) is 6.39. The highest BCUT2D eigenvalue weighted by Crippen LogP contribution is 2.37. The number of benzene rings is 1. The number of aryl methyl sites for hydroxylation is 1. The van der Waals surface area contributed by atoms with Crippen molar-refractivity contribution in [3.8, 4) is 0 Å². The molecule has 2 aliphatic carbocycles. The summed E-state index contributed by atoms with van der Waals surface area (Å²) in [5.74, 6) is -1.13. The zero-order valence-corrected chi connectivity index (χ0v) is 19.3. The van der Waals surface area contributed by atoms with Crippen molar-refractivity contribution >= 4 is 23.2 Å². The molecule has 0 saturated carbocycles. The van der Waals surface area contributed by atoms with Crippen molar-refractivity contribution in [2.75, 3.05) is 6.54 Å². The lowest BCUT2D eigenvalue weighted by atomic mass is 9.75. The van der Waals surface area contributed by atoms with E-state index in [0.717, 1.165) is 5.56 Å². The standard InChI is InChI=1S/C26H28N2O6/c1-26(2)12-21(31)25-18(28-34-22(25)13-26)9-8-17(27-14-23(32)33)24-19(29)10-16(11-20(24)30)15-6-4-3-5-7-15/h3-7,16,29H,8-14H2,1-2H3,(H,32,33). The summed E-state index contributed by atoms with van der Waals surface area (Å²) in [6, 6.07) is 9.50. The molecule has 2 aromatic rings. The molecule has 2 aliphatic rings. The highest BCUT2D eigenvalue weighted by Gasteiger charge is 2.37. The van der Waals surface area contributed by atoms with Gasteiger partial charge in [-0.3, -0.25) is 19.4 Å². The van der Waals surface area contributed by atoms with E-state index >= 15 is 0 Å². The van der Waals surface area contributed by atoms with E-state index in [1.165, 1.54) is 0 Å². The number of Topliss-reactive ketones (excluding diaryl/α,β-unsaturated/α-hetero) is 2. The number of carbonyl (C=O) groups excluding carboxylic acids is 2. The van der Waals surface area contributed by atoms with Gasteiger partial charge >= 0.3 is 5.97 Å². The van der Waals surface area contributed by atoms with Gasteiger partial charge in [-0.15, -0.1) is 0 Å². The van der Waals surface area contributed by atoms with E-state index in [0.29, 0.717) is 29.9 Å². The minimum atomic E-state index is -1.14. The van der Waals surface area contributed by atoms with Crippen molar-refractivity contribution in [2.45, 2.75) is 58.3 Å². The van der Waals surface area contributed by atoms with Gasteiger partial charge in [-0.05, 0) is 29.7 Å². The smallest absolute Gasteiger partial charge is 0.325 e. The summed E-state index contributed by atoms with van der Waals surface area (Å²) in [5, 5.41) is 24.0. The fourth-order valence-electron chi connectivity index (χ4n) is 4.86. The Bertz CT molecular complexity index is 1190. The normalized spacial score (nSPS) is 20.4. The van der Waals surface area contributed by atoms with Crippen LogP contribution in [0.1, 0.15) is 72.8 Å². The lowest BCUT2D eigenvalue weighted by molar-refractivity contribution is -0.135. The Morgan fingerprint density at radius 1 is 1.15 bits per heavy atom. The van der Waals surface area contributed by atoms with Gasteiger partial charge in [0.25, 0.3) is 0 Å². The number of aliphatic carboxylic acids is 1. The molecule has 0 radical (unpaired) electrons. The molecule has 0 aliphatic heterocycles. The lowest BCUT2D eigenvalue weighted by Crippen LogP contribution is -2.27. The van der Waals surface area contributed by atoms with E-state index in [2.05, 4.69) is 10.1 Å². The Morgan fingerprint density at radius 2 is 1.88 bits per heavy atom. The second-order valence-electron chi connectivity index (χ2n) is 9.79. The number of aliphatic hydroxyl groups is 1. The van der Waals surface area contributed by atoms with Crippen LogP contribution in [0, 0.1) is 5.41 Å². The van der Waals surface area contributed by atoms with E-state index < -0.39 is 12.5 Å². The first-order valence-corrected chi connectivity index (χ1v) is 11.4. The van der Waals surface area contributed by atoms with Crippen LogP contribution in [0.2, 0.25) is 0 Å². The topological polar surface area (TPSA) is 130 Å². The largest absolute Gasteiger partial charge is 0.511 e. The van der Waals surface area contributed by atoms with Crippen molar-refractivity contribution < 1.29 is 29.1 Å². The Kier molecular flexibility index (Phi) is 6.50. The van der Waals surface area contributed by atoms with E-state index in [1.807, 2.05) is 44.2 Å². The molecule has 0 bridgehead atoms. The number of carboxylic acid groups (broad SMARTS) is 1. The van der Waals surface area contributed by atoms with E-state index in [1.54, 1.807) is 0 Å². The molecule has 2 N–H and O–H groups in total. The molecule has 0 fully saturated rings. The molecule has 1 unspecified atom stereocenters. The Hall–Kier alpha value is -3.55. The number of aliphatic hydroxyl groups excluding tert-OH is 1. The third kappa shape index (κ3) is 5.00. The van der Waals surface area contributed by atoms with Crippen LogP contribution in [0.3, 0.4) is 0 Å². The molecule has 0 amide bonds. The van der Waals surface area contributed by atoms with Gasteiger partial charge in [0.05, 0.1) is 22.5 Å². The van der Waals surface area contributed by atoms with Crippen LogP contribution >= 0.6 is 0 Å². The van der Waals surface area contributed by atoms with Gasteiger partial charge in [-0.25, -0.2) is 0 Å². The minimum absolute atomic E-state index is 0.0342. The average molecular weight is 465 g/mol. The summed E-state index contributed by atoms with van der Waals surface area (Å²) in [6.07, 6.45) is 1.86. The van der Waals surface area contributed by atoms with E-state index in [-0.39, 0.29) is 65.6 Å². The first-order valence-electron chi connectivity index (χ1n) is 11.4. The molecule has 8 heteroatoms. The monoisotopic (exact) mass is 464 g/mol. The predicted octanol–water partition coefficient (Wildman–Crippen LogP) is 4.25. The highest BCUT2D eigenvalue weighted by atomic mass is 16.5. The number of fused-ring (bicyclic) bond motifs is 1. The first kappa shape index (κ1) is 23.6. The molecule has 8 nitrogen and oxygen atoms in total. The Labute approximate surface area is 197 Å². The van der Waals surface area contributed by atoms with Gasteiger partial charge in [0.1, 0.15) is 18.1 Å². The lowest BCUT2D eigenvalue weighted by Gasteiger charge is -2.26. The molecule has 0 saturated heterocycles. The first-order chi connectivity index (χ1) is 16.1.